The molecule has 7 heteroatoms. The van der Waals surface area contributed by atoms with E-state index in [0.717, 1.165) is 0 Å². The molecule has 0 aromatic rings. The standard InChI is InChI=1S/C8H14F3NO2S/c1-3-4-5(2)6(9)7(10)8(11)15(12,13)14/h3,5-8H,1,4H2,2H3,(H2,12,13,14). The number of halogens is 3. The fourth-order valence-electron chi connectivity index (χ4n) is 1.03. The summed E-state index contributed by atoms with van der Waals surface area (Å²) in [5.74, 6) is -0.850. The molecule has 0 aliphatic carbocycles. The quantitative estimate of drug-likeness (QED) is 0.720. The first-order chi connectivity index (χ1) is 6.71. The number of allylic oxidation sites excluding steroid dienone is 1. The van der Waals surface area contributed by atoms with Crippen molar-refractivity contribution >= 4 is 10.0 Å². The van der Waals surface area contributed by atoms with Gasteiger partial charge in [0.2, 0.25) is 15.5 Å². The van der Waals surface area contributed by atoms with E-state index in [-0.39, 0.29) is 6.42 Å². The molecule has 0 amide bonds. The highest BCUT2D eigenvalue weighted by Crippen LogP contribution is 2.23. The highest BCUT2D eigenvalue weighted by Gasteiger charge is 2.39. The zero-order valence-electron chi connectivity index (χ0n) is 8.24. The van der Waals surface area contributed by atoms with Crippen LogP contribution in [0.1, 0.15) is 13.3 Å². The van der Waals surface area contributed by atoms with Gasteiger partial charge in [0, 0.05) is 0 Å². The molecule has 15 heavy (non-hydrogen) atoms. The normalized spacial score (nSPS) is 20.3. The summed E-state index contributed by atoms with van der Waals surface area (Å²) in [6.45, 7) is 4.64. The highest BCUT2D eigenvalue weighted by atomic mass is 32.2. The van der Waals surface area contributed by atoms with Crippen LogP contribution in [-0.4, -0.2) is 26.3 Å². The van der Waals surface area contributed by atoms with Crippen molar-refractivity contribution in [1.29, 1.82) is 0 Å². The Morgan fingerprint density at radius 2 is 1.80 bits per heavy atom. The van der Waals surface area contributed by atoms with Crippen LogP contribution in [0.3, 0.4) is 0 Å². The van der Waals surface area contributed by atoms with Gasteiger partial charge in [0.05, 0.1) is 0 Å². The van der Waals surface area contributed by atoms with Gasteiger partial charge in [-0.1, -0.05) is 13.0 Å². The van der Waals surface area contributed by atoms with Gasteiger partial charge in [-0.15, -0.1) is 6.58 Å². The molecule has 0 aromatic carbocycles. The lowest BCUT2D eigenvalue weighted by atomic mass is 9.99. The predicted octanol–water partition coefficient (Wildman–Crippen LogP) is 1.46. The molecular formula is C8H14F3NO2S. The lowest BCUT2D eigenvalue weighted by Crippen LogP contribution is -2.40. The summed E-state index contributed by atoms with van der Waals surface area (Å²) in [7, 11) is -4.70. The molecule has 0 saturated carbocycles. The van der Waals surface area contributed by atoms with E-state index >= 15 is 0 Å². The summed E-state index contributed by atoms with van der Waals surface area (Å²) in [5.41, 5.74) is -3.03. The van der Waals surface area contributed by atoms with Crippen LogP contribution in [0.15, 0.2) is 12.7 Å². The van der Waals surface area contributed by atoms with E-state index in [0.29, 0.717) is 0 Å². The van der Waals surface area contributed by atoms with Crippen molar-refractivity contribution in [2.75, 3.05) is 0 Å². The first kappa shape index (κ1) is 14.4. The predicted molar refractivity (Wildman–Crippen MR) is 51.8 cm³/mol. The molecule has 4 unspecified atom stereocenters. The minimum absolute atomic E-state index is 0.124. The molecule has 0 spiro atoms. The number of nitrogens with two attached hydrogens (primary N) is 1. The number of primary sulfonamides is 1. The monoisotopic (exact) mass is 245 g/mol. The maximum Gasteiger partial charge on any atom is 0.248 e. The van der Waals surface area contributed by atoms with Crippen molar-refractivity contribution in [1.82, 2.24) is 0 Å². The molecule has 2 N–H and O–H groups in total. The van der Waals surface area contributed by atoms with Gasteiger partial charge in [-0.3, -0.25) is 0 Å². The lowest BCUT2D eigenvalue weighted by molar-refractivity contribution is 0.0819. The Bertz CT molecular complexity index is 307. The van der Waals surface area contributed by atoms with Crippen LogP contribution in [0.2, 0.25) is 0 Å². The van der Waals surface area contributed by atoms with E-state index in [9.17, 15) is 21.6 Å². The van der Waals surface area contributed by atoms with Gasteiger partial charge in [-0.2, -0.15) is 0 Å². The average molecular weight is 245 g/mol. The molecule has 90 valence electrons. The number of hydrogen-bond acceptors (Lipinski definition) is 2. The molecule has 0 bridgehead atoms. The largest absolute Gasteiger partial charge is 0.248 e. The number of sulfonamides is 1. The number of hydrogen-bond donors (Lipinski definition) is 1. The van der Waals surface area contributed by atoms with E-state index in [1.54, 1.807) is 0 Å². The molecule has 0 aromatic heterocycles. The molecule has 3 nitrogen and oxygen atoms in total. The van der Waals surface area contributed by atoms with Gasteiger partial charge >= 0.3 is 0 Å². The highest BCUT2D eigenvalue weighted by molar-refractivity contribution is 7.89. The maximum absolute atomic E-state index is 13.2. The summed E-state index contributed by atoms with van der Waals surface area (Å²) in [4.78, 5) is 0. The molecule has 0 saturated heterocycles. The Labute approximate surface area is 87.2 Å². The van der Waals surface area contributed by atoms with Crippen LogP contribution in [-0.2, 0) is 10.0 Å². The Hall–Kier alpha value is -0.560. The number of rotatable bonds is 6. The van der Waals surface area contributed by atoms with Crippen LogP contribution in [0.5, 0.6) is 0 Å². The van der Waals surface area contributed by atoms with Gasteiger partial charge in [0.1, 0.15) is 6.17 Å². The average Bonchev–Trinajstić information content (AvgIpc) is 2.13. The minimum Gasteiger partial charge on any atom is -0.244 e. The summed E-state index contributed by atoms with van der Waals surface area (Å²) in [6.07, 6.45) is -3.53. The van der Waals surface area contributed by atoms with Crippen LogP contribution >= 0.6 is 0 Å². The van der Waals surface area contributed by atoms with E-state index in [1.807, 2.05) is 0 Å². The first-order valence-electron chi connectivity index (χ1n) is 4.26. The second kappa shape index (κ2) is 5.50. The molecule has 0 rings (SSSR count). The maximum atomic E-state index is 13.2. The molecule has 4 atom stereocenters. The lowest BCUT2D eigenvalue weighted by Gasteiger charge is -2.20. The fourth-order valence-corrected chi connectivity index (χ4v) is 1.55. The van der Waals surface area contributed by atoms with Crippen LogP contribution < -0.4 is 5.14 Å². The van der Waals surface area contributed by atoms with Gasteiger partial charge in [-0.05, 0) is 12.3 Å². The second-order valence-corrected chi connectivity index (χ2v) is 4.96. The van der Waals surface area contributed by atoms with Crippen molar-refractivity contribution in [3.05, 3.63) is 12.7 Å². The smallest absolute Gasteiger partial charge is 0.244 e. The molecular weight excluding hydrogens is 231 g/mol. The Morgan fingerprint density at radius 1 is 1.33 bits per heavy atom. The summed E-state index contributed by atoms with van der Waals surface area (Å²) < 4.78 is 59.9. The topological polar surface area (TPSA) is 60.2 Å². The van der Waals surface area contributed by atoms with Gasteiger partial charge in [0.15, 0.2) is 6.17 Å². The van der Waals surface area contributed by atoms with E-state index < -0.39 is 33.8 Å². The number of alkyl halides is 3. The zero-order valence-corrected chi connectivity index (χ0v) is 9.05. The third-order valence-electron chi connectivity index (χ3n) is 1.95. The van der Waals surface area contributed by atoms with E-state index in [2.05, 4.69) is 11.7 Å². The van der Waals surface area contributed by atoms with E-state index in [1.165, 1.54) is 13.0 Å². The zero-order chi connectivity index (χ0) is 12.2. The molecule has 0 heterocycles. The van der Waals surface area contributed by atoms with Crippen LogP contribution in [0.4, 0.5) is 13.2 Å². The third-order valence-corrected chi connectivity index (χ3v) is 2.84. The Balaban J connectivity index is 4.57. The first-order valence-corrected chi connectivity index (χ1v) is 5.87. The third kappa shape index (κ3) is 4.21. The second-order valence-electron chi connectivity index (χ2n) is 3.33. The Morgan fingerprint density at radius 3 is 2.13 bits per heavy atom. The van der Waals surface area contributed by atoms with Crippen molar-refractivity contribution in [2.24, 2.45) is 11.1 Å². The SMILES string of the molecule is C=CCC(C)C(F)C(F)C(F)S(N)(=O)=O. The van der Waals surface area contributed by atoms with Crippen LogP contribution in [0.25, 0.3) is 0 Å². The summed E-state index contributed by atoms with van der Waals surface area (Å²) in [5, 5.41) is 4.36. The summed E-state index contributed by atoms with van der Waals surface area (Å²) in [6, 6.07) is 0. The van der Waals surface area contributed by atoms with Gasteiger partial charge < -0.3 is 0 Å². The van der Waals surface area contributed by atoms with Gasteiger partial charge in [0.25, 0.3) is 0 Å². The molecule has 0 aliphatic rings. The van der Waals surface area contributed by atoms with Crippen LogP contribution in [0, 0.1) is 5.92 Å². The minimum atomic E-state index is -4.70. The van der Waals surface area contributed by atoms with Crippen molar-refractivity contribution in [3.8, 4) is 0 Å². The van der Waals surface area contributed by atoms with Crippen molar-refractivity contribution < 1.29 is 21.6 Å². The van der Waals surface area contributed by atoms with Gasteiger partial charge in [-0.25, -0.2) is 26.7 Å². The molecule has 0 aliphatic heterocycles. The molecule has 0 radical (unpaired) electrons. The van der Waals surface area contributed by atoms with Crippen molar-refractivity contribution in [2.45, 2.75) is 31.2 Å². The van der Waals surface area contributed by atoms with E-state index in [4.69, 9.17) is 0 Å². The Kier molecular flexibility index (Phi) is 5.30. The fraction of sp³-hybridized carbons (Fsp3) is 0.750. The van der Waals surface area contributed by atoms with Crippen molar-refractivity contribution in [3.63, 3.8) is 0 Å². The molecule has 0 fully saturated rings. The summed E-state index contributed by atoms with van der Waals surface area (Å²) >= 11 is 0.